The first-order valence-corrected chi connectivity index (χ1v) is 12.0. The normalized spacial score (nSPS) is 17.9. The molecule has 0 spiro atoms. The van der Waals surface area contributed by atoms with Crippen LogP contribution in [0.1, 0.15) is 11.1 Å². The average molecular weight is 551 g/mol. The first kappa shape index (κ1) is 28.2. The third kappa shape index (κ3) is 7.33. The minimum absolute atomic E-state index is 0.00813. The highest BCUT2D eigenvalue weighted by Gasteiger charge is 2.64. The van der Waals surface area contributed by atoms with Gasteiger partial charge < -0.3 is 28.4 Å². The van der Waals surface area contributed by atoms with Crippen LogP contribution in [0.5, 0.6) is 23.0 Å². The topological polar surface area (TPSA) is 89.5 Å². The molecule has 0 amide bonds. The van der Waals surface area contributed by atoms with Gasteiger partial charge in [-0.3, -0.25) is 0 Å². The molecule has 0 aliphatic heterocycles. The van der Waals surface area contributed by atoms with Crippen LogP contribution in [0.25, 0.3) is 12.2 Å². The number of esters is 2. The van der Waals surface area contributed by atoms with E-state index in [1.165, 1.54) is 26.4 Å². The number of carbonyl (C=O) groups is 2. The molecule has 1 aliphatic carbocycles. The van der Waals surface area contributed by atoms with E-state index >= 15 is 0 Å². The fourth-order valence-electron chi connectivity index (χ4n) is 3.60. The van der Waals surface area contributed by atoms with Crippen molar-refractivity contribution in [3.8, 4) is 23.0 Å². The van der Waals surface area contributed by atoms with Crippen molar-refractivity contribution in [1.29, 1.82) is 0 Å². The summed E-state index contributed by atoms with van der Waals surface area (Å²) in [5.74, 6) is 0.411. The number of hydrogen-bond acceptors (Lipinski definition) is 8. The smallest absolute Gasteiger partial charge is 0.330 e. The van der Waals surface area contributed by atoms with Crippen molar-refractivity contribution in [3.63, 3.8) is 0 Å². The summed E-state index contributed by atoms with van der Waals surface area (Å²) in [5.41, 5.74) is 1.46. The maximum Gasteiger partial charge on any atom is 0.330 e. The zero-order valence-electron chi connectivity index (χ0n) is 20.9. The molecule has 0 bridgehead atoms. The molecule has 2 aromatic rings. The van der Waals surface area contributed by atoms with Crippen LogP contribution in [0.3, 0.4) is 0 Å². The average Bonchev–Trinajstić information content (AvgIpc) is 3.45. The second-order valence-corrected chi connectivity index (χ2v) is 9.49. The number of alkyl halides is 2. The van der Waals surface area contributed by atoms with Crippen molar-refractivity contribution < 1.29 is 38.0 Å². The van der Waals surface area contributed by atoms with Crippen molar-refractivity contribution in [1.82, 2.24) is 0 Å². The molecule has 0 radical (unpaired) electrons. The number of benzene rings is 2. The Bertz CT molecular complexity index is 1090. The van der Waals surface area contributed by atoms with E-state index in [2.05, 4.69) is 0 Å². The molecule has 2 atom stereocenters. The highest BCUT2D eigenvalue weighted by molar-refractivity contribution is 6.51. The van der Waals surface area contributed by atoms with Gasteiger partial charge >= 0.3 is 11.9 Å². The quantitative estimate of drug-likeness (QED) is 0.208. The van der Waals surface area contributed by atoms with Gasteiger partial charge in [-0.15, -0.1) is 23.2 Å². The maximum absolute atomic E-state index is 12.2. The molecule has 10 heteroatoms. The Balaban J connectivity index is 1.46. The summed E-state index contributed by atoms with van der Waals surface area (Å²) in [6.07, 6.45) is 5.77. The molecule has 0 heterocycles. The number of carbonyl (C=O) groups excluding carboxylic acids is 2. The van der Waals surface area contributed by atoms with E-state index in [1.807, 2.05) is 0 Å². The molecule has 0 unspecified atom stereocenters. The van der Waals surface area contributed by atoms with Crippen molar-refractivity contribution in [2.75, 3.05) is 41.7 Å². The molecular formula is C27H28Cl2O8. The number of rotatable bonds is 12. The lowest BCUT2D eigenvalue weighted by atomic mass is 10.2. The zero-order chi connectivity index (χ0) is 27.0. The van der Waals surface area contributed by atoms with Gasteiger partial charge in [0.05, 0.1) is 41.7 Å². The van der Waals surface area contributed by atoms with E-state index in [0.29, 0.717) is 23.0 Å². The van der Waals surface area contributed by atoms with Crippen LogP contribution in [0.15, 0.2) is 48.6 Å². The third-order valence-corrected chi connectivity index (χ3v) is 6.94. The number of halogens is 2. The highest BCUT2D eigenvalue weighted by Crippen LogP contribution is 2.59. The summed E-state index contributed by atoms with van der Waals surface area (Å²) in [5, 5.41) is 0. The fourth-order valence-corrected chi connectivity index (χ4v) is 4.33. The first-order chi connectivity index (χ1) is 17.7. The molecule has 37 heavy (non-hydrogen) atoms. The summed E-state index contributed by atoms with van der Waals surface area (Å²) < 4.78 is 30.3. The Labute approximate surface area is 225 Å². The van der Waals surface area contributed by atoms with Gasteiger partial charge in [-0.05, 0) is 47.5 Å². The summed E-state index contributed by atoms with van der Waals surface area (Å²) in [7, 11) is 6.15. The summed E-state index contributed by atoms with van der Waals surface area (Å²) in [6, 6.07) is 10.5. The molecule has 0 N–H and O–H groups in total. The second kappa shape index (κ2) is 12.7. The first-order valence-electron chi connectivity index (χ1n) is 11.2. The van der Waals surface area contributed by atoms with Gasteiger partial charge in [0.2, 0.25) is 0 Å². The Morgan fingerprint density at radius 1 is 0.703 bits per heavy atom. The Morgan fingerprint density at radius 2 is 1.08 bits per heavy atom. The van der Waals surface area contributed by atoms with Crippen LogP contribution in [0, 0.1) is 11.8 Å². The van der Waals surface area contributed by atoms with Crippen LogP contribution < -0.4 is 18.9 Å². The van der Waals surface area contributed by atoms with E-state index < -0.39 is 16.3 Å². The van der Waals surface area contributed by atoms with Crippen molar-refractivity contribution in [2.45, 2.75) is 4.33 Å². The minimum atomic E-state index is -1.15. The highest BCUT2D eigenvalue weighted by atomic mass is 35.5. The zero-order valence-corrected chi connectivity index (χ0v) is 22.4. The van der Waals surface area contributed by atoms with Crippen molar-refractivity contribution in [2.24, 2.45) is 11.8 Å². The lowest BCUT2D eigenvalue weighted by Gasteiger charge is -2.07. The van der Waals surface area contributed by atoms with Gasteiger partial charge in [-0.1, -0.05) is 12.1 Å². The van der Waals surface area contributed by atoms with Gasteiger partial charge in [0.25, 0.3) is 0 Å². The fraction of sp³-hybridized carbons (Fsp3) is 0.333. The Kier molecular flexibility index (Phi) is 9.72. The van der Waals surface area contributed by atoms with E-state index in [-0.39, 0.29) is 25.0 Å². The maximum atomic E-state index is 12.2. The predicted molar refractivity (Wildman–Crippen MR) is 140 cm³/mol. The number of hydrogen-bond donors (Lipinski definition) is 0. The van der Waals surface area contributed by atoms with Gasteiger partial charge in [-0.25, -0.2) is 9.59 Å². The monoisotopic (exact) mass is 550 g/mol. The molecule has 0 aromatic heterocycles. The molecule has 0 saturated heterocycles. The van der Waals surface area contributed by atoms with E-state index in [1.54, 1.807) is 62.8 Å². The lowest BCUT2D eigenvalue weighted by molar-refractivity contribution is -0.140. The number of methoxy groups -OCH3 is 4. The van der Waals surface area contributed by atoms with E-state index in [0.717, 1.165) is 11.1 Å². The molecule has 1 saturated carbocycles. The molecule has 198 valence electrons. The summed E-state index contributed by atoms with van der Waals surface area (Å²) in [6.45, 7) is -0.0163. The third-order valence-electron chi connectivity index (χ3n) is 5.81. The predicted octanol–water partition coefficient (Wildman–Crippen LogP) is 4.95. The summed E-state index contributed by atoms with van der Waals surface area (Å²) in [4.78, 5) is 24.3. The van der Waals surface area contributed by atoms with Gasteiger partial charge in [-0.2, -0.15) is 0 Å². The lowest BCUT2D eigenvalue weighted by Crippen LogP contribution is -2.08. The molecule has 1 aliphatic rings. The van der Waals surface area contributed by atoms with Gasteiger partial charge in [0.15, 0.2) is 23.0 Å². The van der Waals surface area contributed by atoms with Gasteiger partial charge in [0, 0.05) is 24.0 Å². The minimum Gasteiger partial charge on any atom is -0.493 e. The molecule has 3 rings (SSSR count). The van der Waals surface area contributed by atoms with Crippen LogP contribution in [-0.4, -0.2) is 57.9 Å². The molecular weight excluding hydrogens is 523 g/mol. The molecule has 8 nitrogen and oxygen atoms in total. The standard InChI is InChI=1S/C27H28Cl2O8/c1-32-21-9-5-17(13-23(21)34-3)7-11-25(30)36-15-19-20(27(19,28)29)16-37-26(31)12-8-18-6-10-22(33-2)24(14-18)35-4/h5-14,19-20H,15-16H2,1-4H3/b11-7+,12-8+/t19-,20+. The Morgan fingerprint density at radius 3 is 1.43 bits per heavy atom. The van der Waals surface area contributed by atoms with Crippen molar-refractivity contribution >= 4 is 47.3 Å². The van der Waals surface area contributed by atoms with Gasteiger partial charge in [0.1, 0.15) is 4.33 Å². The van der Waals surface area contributed by atoms with Crippen molar-refractivity contribution in [3.05, 3.63) is 59.7 Å². The van der Waals surface area contributed by atoms with E-state index in [9.17, 15) is 9.59 Å². The van der Waals surface area contributed by atoms with E-state index in [4.69, 9.17) is 51.6 Å². The second-order valence-electron chi connectivity index (χ2n) is 8.04. The molecule has 2 aromatic carbocycles. The SMILES string of the molecule is COc1ccc(/C=C/C(=O)OC[C@@H]2[C@H](COC(=O)/C=C/c3ccc(OC)c(OC)c3)C2(Cl)Cl)cc1OC. The Hall–Kier alpha value is -3.36. The van der Waals surface area contributed by atoms with Crippen LogP contribution >= 0.6 is 23.2 Å². The van der Waals surface area contributed by atoms with Crippen LogP contribution in [0.2, 0.25) is 0 Å². The number of ether oxygens (including phenoxy) is 6. The largest absolute Gasteiger partial charge is 0.493 e. The van der Waals surface area contributed by atoms with Crippen LogP contribution in [-0.2, 0) is 19.1 Å². The molecule has 1 fully saturated rings. The van der Waals surface area contributed by atoms with Crippen LogP contribution in [0.4, 0.5) is 0 Å². The summed E-state index contributed by atoms with van der Waals surface area (Å²) >= 11 is 12.6.